The molecule has 0 saturated heterocycles. The van der Waals surface area contributed by atoms with Crippen LogP contribution < -0.4 is 10.1 Å². The van der Waals surface area contributed by atoms with E-state index >= 15 is 0 Å². The van der Waals surface area contributed by atoms with E-state index in [0.29, 0.717) is 12.2 Å². The number of carbonyl (C=O) groups is 1. The molecule has 1 amide bonds. The zero-order valence-electron chi connectivity index (χ0n) is 11.4. The van der Waals surface area contributed by atoms with Gasteiger partial charge in [-0.1, -0.05) is 6.07 Å². The maximum atomic E-state index is 12.1. The van der Waals surface area contributed by atoms with Crippen LogP contribution in [0.3, 0.4) is 0 Å². The van der Waals surface area contributed by atoms with Gasteiger partial charge in [-0.3, -0.25) is 9.78 Å². The lowest BCUT2D eigenvalue weighted by Gasteiger charge is -2.10. The average molecular weight is 269 g/mol. The van der Waals surface area contributed by atoms with E-state index in [2.05, 4.69) is 28.3 Å². The van der Waals surface area contributed by atoms with Crippen molar-refractivity contribution >= 4 is 11.7 Å². The number of aryl methyl sites for hydroxylation is 2. The highest BCUT2D eigenvalue weighted by molar-refractivity contribution is 5.94. The topological polar surface area (TPSA) is 64.1 Å². The van der Waals surface area contributed by atoms with Crippen LogP contribution in [0.4, 0.5) is 5.82 Å². The van der Waals surface area contributed by atoms with Crippen LogP contribution in [0.1, 0.15) is 16.7 Å². The lowest BCUT2D eigenvalue weighted by Crippen LogP contribution is -2.31. The van der Waals surface area contributed by atoms with Crippen LogP contribution in [0.2, 0.25) is 0 Å². The van der Waals surface area contributed by atoms with Gasteiger partial charge in [0.05, 0.1) is 6.20 Å². The Morgan fingerprint density at radius 3 is 2.85 bits per heavy atom. The predicted molar refractivity (Wildman–Crippen MR) is 74.7 cm³/mol. The van der Waals surface area contributed by atoms with Crippen LogP contribution in [0, 0.1) is 13.8 Å². The van der Waals surface area contributed by atoms with Gasteiger partial charge in [-0.2, -0.15) is 0 Å². The fraction of sp³-hybridized carbons (Fsp3) is 0.267. The SMILES string of the molecule is Cc1cc2c(cc1C)O[C@H](C(=O)Nc1cnccn1)C2. The lowest BCUT2D eigenvalue weighted by atomic mass is 10.0. The van der Waals surface area contributed by atoms with Gasteiger partial charge in [0.15, 0.2) is 11.9 Å². The summed E-state index contributed by atoms with van der Waals surface area (Å²) in [4.78, 5) is 20.1. The van der Waals surface area contributed by atoms with Crippen LogP contribution in [0.25, 0.3) is 0 Å². The normalized spacial score (nSPS) is 16.4. The van der Waals surface area contributed by atoms with Gasteiger partial charge in [-0.25, -0.2) is 4.98 Å². The highest BCUT2D eigenvalue weighted by atomic mass is 16.5. The summed E-state index contributed by atoms with van der Waals surface area (Å²) in [6.07, 6.45) is 4.68. The van der Waals surface area contributed by atoms with E-state index in [4.69, 9.17) is 4.74 Å². The molecule has 1 atom stereocenters. The molecule has 0 bridgehead atoms. The fourth-order valence-corrected chi connectivity index (χ4v) is 2.23. The number of aromatic nitrogens is 2. The van der Waals surface area contributed by atoms with E-state index in [1.165, 1.54) is 23.5 Å². The van der Waals surface area contributed by atoms with Crippen LogP contribution in [-0.2, 0) is 11.2 Å². The minimum absolute atomic E-state index is 0.197. The number of anilines is 1. The van der Waals surface area contributed by atoms with Crippen LogP contribution in [0.15, 0.2) is 30.7 Å². The van der Waals surface area contributed by atoms with Crippen molar-refractivity contribution < 1.29 is 9.53 Å². The van der Waals surface area contributed by atoms with Gasteiger partial charge in [-0.15, -0.1) is 0 Å². The third-order valence-corrected chi connectivity index (χ3v) is 3.46. The molecule has 2 aromatic rings. The van der Waals surface area contributed by atoms with Gasteiger partial charge < -0.3 is 10.1 Å². The molecule has 0 saturated carbocycles. The van der Waals surface area contributed by atoms with Crippen molar-refractivity contribution in [3.63, 3.8) is 0 Å². The van der Waals surface area contributed by atoms with Crippen LogP contribution >= 0.6 is 0 Å². The van der Waals surface area contributed by atoms with Crippen molar-refractivity contribution in [2.24, 2.45) is 0 Å². The minimum atomic E-state index is -0.506. The third-order valence-electron chi connectivity index (χ3n) is 3.46. The Hall–Kier alpha value is -2.43. The molecule has 0 spiro atoms. The van der Waals surface area contributed by atoms with Gasteiger partial charge in [0.2, 0.25) is 0 Å². The minimum Gasteiger partial charge on any atom is -0.480 e. The summed E-state index contributed by atoms with van der Waals surface area (Å²) in [5, 5.41) is 2.71. The zero-order chi connectivity index (χ0) is 14.1. The molecule has 5 nitrogen and oxygen atoms in total. The molecule has 102 valence electrons. The Morgan fingerprint density at radius 1 is 1.30 bits per heavy atom. The largest absolute Gasteiger partial charge is 0.480 e. The Balaban J connectivity index is 1.73. The Bertz CT molecular complexity index is 625. The number of rotatable bonds is 2. The molecule has 5 heteroatoms. The molecular weight excluding hydrogens is 254 g/mol. The van der Waals surface area contributed by atoms with Crippen LogP contribution in [-0.4, -0.2) is 22.0 Å². The van der Waals surface area contributed by atoms with Gasteiger partial charge >= 0.3 is 0 Å². The number of benzene rings is 1. The van der Waals surface area contributed by atoms with E-state index < -0.39 is 6.10 Å². The third kappa shape index (κ3) is 2.34. The van der Waals surface area contributed by atoms with Crippen molar-refractivity contribution in [1.82, 2.24) is 9.97 Å². The van der Waals surface area contributed by atoms with E-state index in [0.717, 1.165) is 11.3 Å². The van der Waals surface area contributed by atoms with E-state index in [1.807, 2.05) is 13.0 Å². The molecule has 3 rings (SSSR count). The molecule has 20 heavy (non-hydrogen) atoms. The molecule has 1 aromatic carbocycles. The zero-order valence-corrected chi connectivity index (χ0v) is 11.4. The number of ether oxygens (including phenoxy) is 1. The Kier molecular flexibility index (Phi) is 3.10. The highest BCUT2D eigenvalue weighted by Crippen LogP contribution is 2.31. The summed E-state index contributed by atoms with van der Waals surface area (Å²) < 4.78 is 5.72. The van der Waals surface area contributed by atoms with Crippen molar-refractivity contribution in [3.8, 4) is 5.75 Å². The smallest absolute Gasteiger partial charge is 0.266 e. The molecular formula is C15H15N3O2. The van der Waals surface area contributed by atoms with E-state index in [-0.39, 0.29) is 5.91 Å². The van der Waals surface area contributed by atoms with Crippen molar-refractivity contribution in [2.75, 3.05) is 5.32 Å². The molecule has 0 radical (unpaired) electrons. The van der Waals surface area contributed by atoms with Crippen molar-refractivity contribution in [1.29, 1.82) is 0 Å². The number of nitrogens with one attached hydrogen (secondary N) is 1. The molecule has 1 aliphatic heterocycles. The monoisotopic (exact) mass is 269 g/mol. The number of nitrogens with zero attached hydrogens (tertiary/aromatic N) is 2. The number of hydrogen-bond donors (Lipinski definition) is 1. The molecule has 1 aromatic heterocycles. The Morgan fingerprint density at radius 2 is 2.10 bits per heavy atom. The van der Waals surface area contributed by atoms with Crippen molar-refractivity contribution in [3.05, 3.63) is 47.4 Å². The maximum Gasteiger partial charge on any atom is 0.266 e. The average Bonchev–Trinajstić information content (AvgIpc) is 2.83. The molecule has 0 unspecified atom stereocenters. The fourth-order valence-electron chi connectivity index (χ4n) is 2.23. The molecule has 1 N–H and O–H groups in total. The van der Waals surface area contributed by atoms with E-state index in [1.54, 1.807) is 6.20 Å². The number of hydrogen-bond acceptors (Lipinski definition) is 4. The number of fused-ring (bicyclic) bond motifs is 1. The van der Waals surface area contributed by atoms with Gasteiger partial charge in [0, 0.05) is 18.8 Å². The van der Waals surface area contributed by atoms with Crippen molar-refractivity contribution in [2.45, 2.75) is 26.4 Å². The quantitative estimate of drug-likeness (QED) is 0.906. The first-order valence-corrected chi connectivity index (χ1v) is 6.47. The van der Waals surface area contributed by atoms with Gasteiger partial charge in [-0.05, 0) is 36.6 Å². The first-order chi connectivity index (χ1) is 9.63. The predicted octanol–water partition coefficient (Wildman–Crippen LogP) is 2.04. The van der Waals surface area contributed by atoms with Gasteiger partial charge in [0.1, 0.15) is 5.75 Å². The molecule has 0 aliphatic carbocycles. The summed E-state index contributed by atoms with van der Waals surface area (Å²) >= 11 is 0. The summed E-state index contributed by atoms with van der Waals surface area (Å²) in [7, 11) is 0. The lowest BCUT2D eigenvalue weighted by molar-refractivity contribution is -0.122. The summed E-state index contributed by atoms with van der Waals surface area (Å²) in [6.45, 7) is 4.09. The summed E-state index contributed by atoms with van der Waals surface area (Å²) in [5.41, 5.74) is 3.45. The molecule has 0 fully saturated rings. The maximum absolute atomic E-state index is 12.1. The summed E-state index contributed by atoms with van der Waals surface area (Å²) in [5.74, 6) is 1.04. The molecule has 1 aliphatic rings. The molecule has 2 heterocycles. The first kappa shape index (κ1) is 12.6. The van der Waals surface area contributed by atoms with Gasteiger partial charge in [0.25, 0.3) is 5.91 Å². The number of amides is 1. The second-order valence-corrected chi connectivity index (χ2v) is 4.93. The van der Waals surface area contributed by atoms with Crippen LogP contribution in [0.5, 0.6) is 5.75 Å². The highest BCUT2D eigenvalue weighted by Gasteiger charge is 2.29. The first-order valence-electron chi connectivity index (χ1n) is 6.47. The second kappa shape index (κ2) is 4.92. The number of carbonyl (C=O) groups excluding carboxylic acids is 1. The standard InChI is InChI=1S/C15H15N3O2/c1-9-5-11-7-13(20-12(11)6-10(9)2)15(19)18-14-8-16-3-4-17-14/h3-6,8,13H,7H2,1-2H3,(H,17,18,19)/t13-/m0/s1. The Labute approximate surface area is 117 Å². The van der Waals surface area contributed by atoms with E-state index in [9.17, 15) is 4.79 Å². The second-order valence-electron chi connectivity index (χ2n) is 4.93. The summed E-state index contributed by atoms with van der Waals surface area (Å²) in [6, 6.07) is 4.07.